The Labute approximate surface area is 53.5 Å². The Hall–Kier alpha value is -1.18. The Kier molecular flexibility index (Phi) is 1.58. The van der Waals surface area contributed by atoms with Gasteiger partial charge in [0.1, 0.15) is 5.69 Å². The molecule has 0 saturated heterocycles. The average Bonchev–Trinajstić information content (AvgIpc) is 1.89. The summed E-state index contributed by atoms with van der Waals surface area (Å²) in [5.74, 6) is 0. The van der Waals surface area contributed by atoms with Crippen molar-refractivity contribution < 1.29 is 0 Å². The molecule has 1 aromatic rings. The van der Waals surface area contributed by atoms with Crippen molar-refractivity contribution in [2.45, 2.75) is 6.92 Å². The third-order valence-corrected chi connectivity index (χ3v) is 1.15. The van der Waals surface area contributed by atoms with Crippen molar-refractivity contribution in [3.8, 4) is 0 Å². The predicted octanol–water partition coefficient (Wildman–Crippen LogP) is 2.19. The number of hydrogen-bond donors (Lipinski definition) is 0. The lowest BCUT2D eigenvalue weighted by Crippen LogP contribution is -1.69. The molecule has 2 nitrogen and oxygen atoms in total. The maximum atomic E-state index is 9.96. The zero-order chi connectivity index (χ0) is 6.69. The second-order valence-corrected chi connectivity index (χ2v) is 1.80. The van der Waals surface area contributed by atoms with E-state index in [1.54, 1.807) is 18.2 Å². The van der Waals surface area contributed by atoms with Crippen LogP contribution in [0.2, 0.25) is 0 Å². The second kappa shape index (κ2) is 2.40. The predicted molar refractivity (Wildman–Crippen MR) is 35.5 cm³/mol. The molecular formula is C7H6NO. The van der Waals surface area contributed by atoms with Crippen molar-refractivity contribution in [3.63, 3.8) is 0 Å². The van der Waals surface area contributed by atoms with Gasteiger partial charge >= 0.3 is 0 Å². The van der Waals surface area contributed by atoms with Gasteiger partial charge in [-0.05, 0) is 29.8 Å². The molecule has 0 aliphatic rings. The molecule has 0 aromatic heterocycles. The van der Waals surface area contributed by atoms with Crippen LogP contribution in [0, 0.1) is 17.9 Å². The summed E-state index contributed by atoms with van der Waals surface area (Å²) >= 11 is 0. The normalized spacial score (nSPS) is 9.00. The van der Waals surface area contributed by atoms with Crippen LogP contribution in [0.3, 0.4) is 0 Å². The molecule has 0 amide bonds. The maximum absolute atomic E-state index is 9.96. The summed E-state index contributed by atoms with van der Waals surface area (Å²) in [4.78, 5) is 9.96. The minimum atomic E-state index is 0.470. The van der Waals surface area contributed by atoms with Crippen molar-refractivity contribution in [2.75, 3.05) is 0 Å². The third kappa shape index (κ3) is 1.13. The Morgan fingerprint density at radius 1 is 1.67 bits per heavy atom. The molecule has 0 heterocycles. The molecule has 9 heavy (non-hydrogen) atoms. The quantitative estimate of drug-likeness (QED) is 0.522. The summed E-state index contributed by atoms with van der Waals surface area (Å²) in [6.45, 7) is 1.84. The van der Waals surface area contributed by atoms with Crippen LogP contribution in [0.4, 0.5) is 5.69 Å². The summed E-state index contributed by atoms with van der Waals surface area (Å²) in [6.07, 6.45) is 0. The van der Waals surface area contributed by atoms with Gasteiger partial charge in [-0.15, -0.1) is 4.91 Å². The molecule has 0 fully saturated rings. The van der Waals surface area contributed by atoms with Gasteiger partial charge in [0.15, 0.2) is 0 Å². The van der Waals surface area contributed by atoms with Crippen LogP contribution in [0.25, 0.3) is 0 Å². The Bertz CT molecular complexity index is 220. The molecule has 0 spiro atoms. The summed E-state index contributed by atoms with van der Waals surface area (Å²) in [5, 5.41) is 2.79. The fourth-order valence-corrected chi connectivity index (χ4v) is 0.598. The maximum Gasteiger partial charge on any atom is 0.111 e. The molecule has 0 saturated carbocycles. The van der Waals surface area contributed by atoms with Crippen molar-refractivity contribution in [3.05, 3.63) is 34.7 Å². The molecule has 45 valence electrons. The van der Waals surface area contributed by atoms with E-state index in [4.69, 9.17) is 0 Å². The van der Waals surface area contributed by atoms with Gasteiger partial charge in [-0.3, -0.25) is 0 Å². The van der Waals surface area contributed by atoms with Crippen LogP contribution < -0.4 is 0 Å². The molecular weight excluding hydrogens is 114 g/mol. The highest BCUT2D eigenvalue weighted by Crippen LogP contribution is 2.15. The first kappa shape index (κ1) is 5.95. The summed E-state index contributed by atoms with van der Waals surface area (Å²) in [6, 6.07) is 7.89. The van der Waals surface area contributed by atoms with Gasteiger partial charge in [0, 0.05) is 0 Å². The number of nitroso groups, excluding NO2 is 1. The Morgan fingerprint density at radius 2 is 2.44 bits per heavy atom. The summed E-state index contributed by atoms with van der Waals surface area (Å²) in [5.41, 5.74) is 1.36. The van der Waals surface area contributed by atoms with Gasteiger partial charge in [0.25, 0.3) is 0 Å². The van der Waals surface area contributed by atoms with Crippen molar-refractivity contribution in [1.82, 2.24) is 0 Å². The van der Waals surface area contributed by atoms with E-state index in [0.29, 0.717) is 5.69 Å². The molecule has 1 aromatic carbocycles. The molecule has 0 unspecified atom stereocenters. The summed E-state index contributed by atoms with van der Waals surface area (Å²) in [7, 11) is 0. The van der Waals surface area contributed by atoms with Crippen LogP contribution in [0.15, 0.2) is 23.4 Å². The smallest absolute Gasteiger partial charge is 0.111 e. The number of nitrogens with zero attached hydrogens (tertiary/aromatic N) is 1. The zero-order valence-electron chi connectivity index (χ0n) is 5.09. The topological polar surface area (TPSA) is 29.4 Å². The van der Waals surface area contributed by atoms with Gasteiger partial charge in [-0.2, -0.15) is 0 Å². The largest absolute Gasteiger partial charge is 0.145 e. The first-order chi connectivity index (χ1) is 4.34. The summed E-state index contributed by atoms with van der Waals surface area (Å²) < 4.78 is 0. The van der Waals surface area contributed by atoms with Crippen LogP contribution in [-0.4, -0.2) is 0 Å². The molecule has 0 bridgehead atoms. The molecule has 0 aliphatic carbocycles. The van der Waals surface area contributed by atoms with Gasteiger partial charge in [-0.25, -0.2) is 0 Å². The van der Waals surface area contributed by atoms with E-state index in [2.05, 4.69) is 11.2 Å². The minimum absolute atomic E-state index is 0.470. The van der Waals surface area contributed by atoms with Gasteiger partial charge in [0.05, 0.1) is 0 Å². The van der Waals surface area contributed by atoms with Crippen LogP contribution in [0.1, 0.15) is 5.56 Å². The highest BCUT2D eigenvalue weighted by Gasteiger charge is 1.91. The number of aryl methyl sites for hydroxylation is 1. The van der Waals surface area contributed by atoms with Crippen LogP contribution in [-0.2, 0) is 0 Å². The van der Waals surface area contributed by atoms with E-state index in [1.165, 1.54) is 0 Å². The fourth-order valence-electron chi connectivity index (χ4n) is 0.598. The lowest BCUT2D eigenvalue weighted by Gasteiger charge is -1.90. The third-order valence-electron chi connectivity index (χ3n) is 1.15. The van der Waals surface area contributed by atoms with Crippen molar-refractivity contribution in [1.29, 1.82) is 0 Å². The van der Waals surface area contributed by atoms with E-state index in [-0.39, 0.29) is 0 Å². The average molecular weight is 120 g/mol. The van der Waals surface area contributed by atoms with Gasteiger partial charge in [-0.1, -0.05) is 12.1 Å². The van der Waals surface area contributed by atoms with Crippen LogP contribution in [0.5, 0.6) is 0 Å². The van der Waals surface area contributed by atoms with E-state index < -0.39 is 0 Å². The van der Waals surface area contributed by atoms with E-state index in [1.807, 2.05) is 6.92 Å². The first-order valence-electron chi connectivity index (χ1n) is 2.64. The minimum Gasteiger partial charge on any atom is -0.145 e. The van der Waals surface area contributed by atoms with Crippen LogP contribution >= 0.6 is 0 Å². The molecule has 0 N–H and O–H groups in total. The highest BCUT2D eigenvalue weighted by molar-refractivity contribution is 5.43. The van der Waals surface area contributed by atoms with E-state index >= 15 is 0 Å². The number of benzene rings is 1. The highest BCUT2D eigenvalue weighted by atomic mass is 16.3. The number of rotatable bonds is 1. The Morgan fingerprint density at radius 3 is 2.89 bits per heavy atom. The van der Waals surface area contributed by atoms with E-state index in [9.17, 15) is 4.91 Å². The first-order valence-corrected chi connectivity index (χ1v) is 2.64. The molecule has 0 atom stereocenters. The second-order valence-electron chi connectivity index (χ2n) is 1.80. The van der Waals surface area contributed by atoms with Crippen molar-refractivity contribution >= 4 is 5.69 Å². The molecule has 0 aliphatic heterocycles. The van der Waals surface area contributed by atoms with Crippen molar-refractivity contribution in [2.24, 2.45) is 5.18 Å². The molecule has 2 heteroatoms. The SMILES string of the molecule is Cc1cc[c]cc1N=O. The van der Waals surface area contributed by atoms with Gasteiger partial charge < -0.3 is 0 Å². The molecule has 1 radical (unpaired) electrons. The lowest BCUT2D eigenvalue weighted by atomic mass is 10.2. The number of hydrogen-bond acceptors (Lipinski definition) is 2. The zero-order valence-corrected chi connectivity index (χ0v) is 5.09. The Balaban J connectivity index is 3.15. The standard InChI is InChI=1S/C7H6NO/c1-6-4-2-3-5-7(6)8-9/h2,4-5H,1H3. The lowest BCUT2D eigenvalue weighted by molar-refractivity contribution is 1.38. The van der Waals surface area contributed by atoms with E-state index in [0.717, 1.165) is 5.56 Å². The monoisotopic (exact) mass is 120 g/mol. The van der Waals surface area contributed by atoms with Gasteiger partial charge in [0.2, 0.25) is 0 Å². The molecule has 1 rings (SSSR count). The fraction of sp³-hybridized carbons (Fsp3) is 0.143.